The van der Waals surface area contributed by atoms with Gasteiger partial charge in [0.2, 0.25) is 0 Å². The van der Waals surface area contributed by atoms with Gasteiger partial charge in [-0.15, -0.1) is 0 Å². The number of fused-ring (bicyclic) bond motifs is 5. The van der Waals surface area contributed by atoms with Crippen LogP contribution in [0.15, 0.2) is 59.8 Å². The number of benzene rings is 1. The molecule has 2 saturated carbocycles. The number of halogens is 1. The Kier molecular flexibility index (Phi) is 14.1. The number of hydrogen-bond donors (Lipinski definition) is 3. The standard InChI is InChI=1S/C47H64FN3O13/c1-26-30(61-41(55)35(53)34(33-29(48)18-15-21-49-33)50-42(56)64-43(3,4)5)24-47(57)39(62-40(54)28-16-13-12-14-17-28)37-45(8,20-19-31-46(37,25-60-31)63-27(2)52)38(59-23-22-51(9)10)36(58-11)32(26)44(47,6)7/h12-18,21,30-31,34-39,53,57H,19-20,22-25H2,1-11H3,(H,50,56)/t30-,31+,34-,35+,36+,37?,38+,39-,45+,46-,47+/m0/s1. The van der Waals surface area contributed by atoms with Crippen LogP contribution in [0.5, 0.6) is 0 Å². The number of carbonyl (C=O) groups excluding carboxylic acids is 4. The lowest BCUT2D eigenvalue weighted by atomic mass is 9.45. The van der Waals surface area contributed by atoms with Gasteiger partial charge in [0.25, 0.3) is 0 Å². The van der Waals surface area contributed by atoms with E-state index in [1.807, 2.05) is 25.9 Å². The number of pyridine rings is 1. The molecule has 0 radical (unpaired) electrons. The molecule has 4 aliphatic rings. The van der Waals surface area contributed by atoms with Crippen molar-refractivity contribution in [3.05, 3.63) is 76.9 Å². The first-order chi connectivity index (χ1) is 29.9. The molecule has 6 rings (SSSR count). The summed E-state index contributed by atoms with van der Waals surface area (Å²) in [6.45, 7) is 14.1. The molecule has 2 heterocycles. The van der Waals surface area contributed by atoms with E-state index in [0.717, 1.165) is 6.07 Å². The van der Waals surface area contributed by atoms with E-state index in [2.05, 4.69) is 10.3 Å². The Balaban J connectivity index is 1.54. The van der Waals surface area contributed by atoms with Crippen LogP contribution in [0.25, 0.3) is 0 Å². The van der Waals surface area contributed by atoms with Gasteiger partial charge in [-0.05, 0) is 90.0 Å². The van der Waals surface area contributed by atoms with Crippen molar-refractivity contribution in [2.75, 3.05) is 41.0 Å². The molecule has 3 fully saturated rings. The van der Waals surface area contributed by atoms with Gasteiger partial charge in [-0.1, -0.05) is 39.0 Å². The minimum Gasteiger partial charge on any atom is -0.456 e. The molecule has 16 nitrogen and oxygen atoms in total. The molecular weight excluding hydrogens is 834 g/mol. The summed E-state index contributed by atoms with van der Waals surface area (Å²) in [5.74, 6) is -4.60. The van der Waals surface area contributed by atoms with Gasteiger partial charge in [-0.25, -0.2) is 18.8 Å². The van der Waals surface area contributed by atoms with Crippen LogP contribution in [0.4, 0.5) is 9.18 Å². The van der Waals surface area contributed by atoms with Crippen LogP contribution in [0, 0.1) is 22.6 Å². The molecule has 3 N–H and O–H groups in total. The van der Waals surface area contributed by atoms with E-state index < -0.39 is 118 Å². The molecule has 2 aromatic rings. The summed E-state index contributed by atoms with van der Waals surface area (Å²) in [5.41, 5.74) is -6.30. The Hall–Kier alpha value is -4.52. The zero-order valence-corrected chi connectivity index (χ0v) is 38.6. The number of methoxy groups -OCH3 is 1. The number of ether oxygens (including phenoxy) is 7. The quantitative estimate of drug-likeness (QED) is 0.140. The van der Waals surface area contributed by atoms with Crippen LogP contribution >= 0.6 is 0 Å². The zero-order chi connectivity index (χ0) is 47.2. The highest BCUT2D eigenvalue weighted by Crippen LogP contribution is 2.65. The summed E-state index contributed by atoms with van der Waals surface area (Å²) in [4.78, 5) is 61.1. The number of likely N-dealkylation sites (N-methyl/N-ethyl adjacent to an activating group) is 1. The van der Waals surface area contributed by atoms with Crippen LogP contribution in [-0.2, 0) is 42.7 Å². The molecule has 3 aliphatic carbocycles. The lowest BCUT2D eigenvalue weighted by molar-refractivity contribution is -0.351. The zero-order valence-electron chi connectivity index (χ0n) is 38.6. The molecule has 1 aliphatic heterocycles. The third kappa shape index (κ3) is 9.03. The molecule has 11 atom stereocenters. The van der Waals surface area contributed by atoms with E-state index in [9.17, 15) is 29.4 Å². The summed E-state index contributed by atoms with van der Waals surface area (Å²) in [6.07, 6.45) is -6.90. The number of carbonyl (C=O) groups is 4. The van der Waals surface area contributed by atoms with Crippen LogP contribution in [-0.4, -0.2) is 138 Å². The number of hydrogen-bond acceptors (Lipinski definition) is 15. The lowest BCUT2D eigenvalue weighted by Gasteiger charge is -2.68. The molecule has 17 heteroatoms. The SMILES string of the molecule is CO[C@@H]1C2=C(C)[C@@H](OC(=O)[C@H](O)[C@@H](NC(=O)OC(C)(C)C)c3ncccc3F)C[C@@](O)([C@@H](OC(=O)c3ccccc3)C3[C@@](C)(CC[C@H]4OC[C@@]34OC(C)=O)[C@@H]1OCCN(C)C)C2(C)C. The van der Waals surface area contributed by atoms with Gasteiger partial charge in [-0.2, -0.15) is 0 Å². The molecule has 0 spiro atoms. The van der Waals surface area contributed by atoms with E-state index in [0.29, 0.717) is 30.5 Å². The number of amides is 1. The smallest absolute Gasteiger partial charge is 0.408 e. The van der Waals surface area contributed by atoms with E-state index in [1.165, 1.54) is 26.3 Å². The fraction of sp³-hybridized carbons (Fsp3) is 0.638. The van der Waals surface area contributed by atoms with E-state index in [1.54, 1.807) is 71.9 Å². The molecule has 1 aromatic carbocycles. The van der Waals surface area contributed by atoms with Gasteiger partial charge in [0.15, 0.2) is 11.7 Å². The van der Waals surface area contributed by atoms with Crippen molar-refractivity contribution < 1.29 is 66.9 Å². The van der Waals surface area contributed by atoms with Crippen molar-refractivity contribution in [2.45, 2.75) is 134 Å². The molecule has 64 heavy (non-hydrogen) atoms. The number of nitrogens with zero attached hydrogens (tertiary/aromatic N) is 2. The Morgan fingerprint density at radius 1 is 1.05 bits per heavy atom. The first-order valence-electron chi connectivity index (χ1n) is 21.7. The van der Waals surface area contributed by atoms with Crippen LogP contribution in [0.2, 0.25) is 0 Å². The number of esters is 3. The Morgan fingerprint density at radius 3 is 2.31 bits per heavy atom. The monoisotopic (exact) mass is 897 g/mol. The molecule has 2 bridgehead atoms. The second kappa shape index (κ2) is 18.4. The molecule has 1 unspecified atom stereocenters. The number of aliphatic hydroxyl groups is 2. The second-order valence-corrected chi connectivity index (χ2v) is 19.5. The lowest BCUT2D eigenvalue weighted by Crippen LogP contribution is -2.80. The molecule has 1 saturated heterocycles. The minimum absolute atomic E-state index is 0.0715. The average molecular weight is 898 g/mol. The van der Waals surface area contributed by atoms with Crippen molar-refractivity contribution in [3.63, 3.8) is 0 Å². The van der Waals surface area contributed by atoms with Crippen molar-refractivity contribution >= 4 is 24.0 Å². The summed E-state index contributed by atoms with van der Waals surface area (Å²) in [5, 5.41) is 28.0. The first kappa shape index (κ1) is 48.9. The molecule has 1 amide bonds. The highest BCUT2D eigenvalue weighted by Gasteiger charge is 2.76. The predicted molar refractivity (Wildman–Crippen MR) is 228 cm³/mol. The van der Waals surface area contributed by atoms with E-state index >= 15 is 4.39 Å². The van der Waals surface area contributed by atoms with Gasteiger partial charge in [0.1, 0.15) is 53.2 Å². The highest BCUT2D eigenvalue weighted by atomic mass is 19.1. The molecule has 1 aromatic heterocycles. The number of aromatic nitrogens is 1. The van der Waals surface area contributed by atoms with Crippen molar-refractivity contribution in [1.82, 2.24) is 15.2 Å². The molecular formula is C47H64FN3O13. The Bertz CT molecular complexity index is 2090. The summed E-state index contributed by atoms with van der Waals surface area (Å²) in [6, 6.07) is 8.86. The Labute approximate surface area is 374 Å². The summed E-state index contributed by atoms with van der Waals surface area (Å²) < 4.78 is 59.4. The van der Waals surface area contributed by atoms with Gasteiger partial charge in [-0.3, -0.25) is 9.78 Å². The van der Waals surface area contributed by atoms with Crippen molar-refractivity contribution in [1.29, 1.82) is 0 Å². The Morgan fingerprint density at radius 2 is 1.73 bits per heavy atom. The van der Waals surface area contributed by atoms with Crippen molar-refractivity contribution in [2.24, 2.45) is 16.7 Å². The topological polar surface area (TPSA) is 202 Å². The largest absolute Gasteiger partial charge is 0.456 e. The first-order valence-corrected chi connectivity index (χ1v) is 21.7. The van der Waals surface area contributed by atoms with Gasteiger partial charge < -0.3 is 53.6 Å². The number of alkyl carbamates (subject to hydrolysis) is 1. The fourth-order valence-corrected chi connectivity index (χ4v) is 10.5. The van der Waals surface area contributed by atoms with Gasteiger partial charge in [0.05, 0.1) is 30.8 Å². The number of nitrogens with one attached hydrogen (secondary N) is 1. The molecule has 352 valence electrons. The average Bonchev–Trinajstić information content (AvgIpc) is 3.20. The van der Waals surface area contributed by atoms with Crippen LogP contribution in [0.3, 0.4) is 0 Å². The summed E-state index contributed by atoms with van der Waals surface area (Å²) >= 11 is 0. The second-order valence-electron chi connectivity index (χ2n) is 19.5. The third-order valence-electron chi connectivity index (χ3n) is 13.6. The summed E-state index contributed by atoms with van der Waals surface area (Å²) in [7, 11) is 5.33. The highest BCUT2D eigenvalue weighted by molar-refractivity contribution is 5.89. The maximum absolute atomic E-state index is 15.3. The maximum atomic E-state index is 15.3. The fourth-order valence-electron chi connectivity index (χ4n) is 10.5. The third-order valence-corrected chi connectivity index (χ3v) is 13.6. The van der Waals surface area contributed by atoms with Gasteiger partial charge in [0, 0.05) is 44.0 Å². The maximum Gasteiger partial charge on any atom is 0.408 e. The van der Waals surface area contributed by atoms with Crippen LogP contribution in [0.1, 0.15) is 96.7 Å². The van der Waals surface area contributed by atoms with Crippen molar-refractivity contribution in [3.8, 4) is 0 Å². The van der Waals surface area contributed by atoms with Crippen LogP contribution < -0.4 is 5.32 Å². The number of aliphatic hydroxyl groups excluding tert-OH is 1. The normalized spacial score (nSPS) is 31.7. The number of rotatable bonds is 13. The van der Waals surface area contributed by atoms with Gasteiger partial charge >= 0.3 is 24.0 Å². The van der Waals surface area contributed by atoms with E-state index in [-0.39, 0.29) is 18.8 Å². The predicted octanol–water partition coefficient (Wildman–Crippen LogP) is 4.85. The minimum atomic E-state index is -2.25. The van der Waals surface area contributed by atoms with E-state index in [4.69, 9.17) is 33.2 Å².